The summed E-state index contributed by atoms with van der Waals surface area (Å²) in [5.41, 5.74) is 0.530. The third-order valence-electron chi connectivity index (χ3n) is 1.54. The van der Waals surface area contributed by atoms with Crippen molar-refractivity contribution in [3.05, 3.63) is 35.9 Å². The molecule has 0 amide bonds. The molecule has 0 aliphatic heterocycles. The Morgan fingerprint density at radius 3 is 2.27 bits per heavy atom. The average molecular weight is 154 g/mol. The van der Waals surface area contributed by atoms with E-state index in [0.29, 0.717) is 5.56 Å². The molecule has 1 N–H and O–H groups in total. The largest absolute Gasteiger partial charge is 0.390 e. The maximum absolute atomic E-state index is 13.0. The quantitative estimate of drug-likeness (QED) is 0.691. The second-order valence-electron chi connectivity index (χ2n) is 2.55. The normalized spacial score (nSPS) is 15.9. The van der Waals surface area contributed by atoms with E-state index < -0.39 is 12.3 Å². The lowest BCUT2D eigenvalue weighted by Gasteiger charge is -2.10. The Bertz CT molecular complexity index is 208. The smallest absolute Gasteiger partial charge is 0.151 e. The first kappa shape index (κ1) is 8.21. The molecule has 0 bridgehead atoms. The highest BCUT2D eigenvalue weighted by atomic mass is 19.1. The standard InChI is InChI=1S/C9H11FO/c1-7(11)9(10)8-5-3-2-4-6-8/h2-7,9,11H,1H3/t7-,9+/m0/s1. The Hall–Kier alpha value is -0.890. The molecule has 0 radical (unpaired) electrons. The van der Waals surface area contributed by atoms with E-state index in [2.05, 4.69) is 0 Å². The number of aliphatic hydroxyl groups is 1. The SMILES string of the molecule is C[C@H](O)[C@@H](F)c1ccccc1. The molecule has 0 aromatic heterocycles. The van der Waals surface area contributed by atoms with Crippen LogP contribution < -0.4 is 0 Å². The predicted molar refractivity (Wildman–Crippen MR) is 42.0 cm³/mol. The molecule has 60 valence electrons. The van der Waals surface area contributed by atoms with Crippen molar-refractivity contribution in [2.24, 2.45) is 0 Å². The molecule has 1 aromatic carbocycles. The van der Waals surface area contributed by atoms with Gasteiger partial charge < -0.3 is 5.11 Å². The monoisotopic (exact) mass is 154 g/mol. The number of hydrogen-bond donors (Lipinski definition) is 1. The summed E-state index contributed by atoms with van der Waals surface area (Å²) in [6.45, 7) is 1.44. The van der Waals surface area contributed by atoms with Crippen LogP contribution in [-0.4, -0.2) is 11.2 Å². The highest BCUT2D eigenvalue weighted by Crippen LogP contribution is 2.20. The Morgan fingerprint density at radius 2 is 1.82 bits per heavy atom. The summed E-state index contributed by atoms with van der Waals surface area (Å²) in [6.07, 6.45) is -2.20. The number of rotatable bonds is 2. The van der Waals surface area contributed by atoms with Crippen molar-refractivity contribution in [2.45, 2.75) is 19.2 Å². The molecule has 0 heterocycles. The molecule has 0 fully saturated rings. The van der Waals surface area contributed by atoms with Gasteiger partial charge in [0.1, 0.15) is 0 Å². The minimum Gasteiger partial charge on any atom is -0.390 e. The van der Waals surface area contributed by atoms with Crippen LogP contribution in [0.3, 0.4) is 0 Å². The van der Waals surface area contributed by atoms with Gasteiger partial charge in [0.05, 0.1) is 6.10 Å². The van der Waals surface area contributed by atoms with E-state index in [1.165, 1.54) is 6.92 Å². The van der Waals surface area contributed by atoms with Crippen LogP contribution in [-0.2, 0) is 0 Å². The van der Waals surface area contributed by atoms with Gasteiger partial charge >= 0.3 is 0 Å². The molecule has 0 aliphatic carbocycles. The van der Waals surface area contributed by atoms with Gasteiger partial charge in [0.2, 0.25) is 0 Å². The first-order valence-electron chi connectivity index (χ1n) is 3.59. The zero-order valence-electron chi connectivity index (χ0n) is 6.37. The molecule has 0 saturated carbocycles. The van der Waals surface area contributed by atoms with Gasteiger partial charge in [-0.2, -0.15) is 0 Å². The van der Waals surface area contributed by atoms with Crippen molar-refractivity contribution in [3.8, 4) is 0 Å². The molecule has 2 heteroatoms. The van der Waals surface area contributed by atoms with Gasteiger partial charge in [-0.15, -0.1) is 0 Å². The third-order valence-corrected chi connectivity index (χ3v) is 1.54. The van der Waals surface area contributed by atoms with Crippen LogP contribution in [0.4, 0.5) is 4.39 Å². The van der Waals surface area contributed by atoms with Gasteiger partial charge in [-0.25, -0.2) is 4.39 Å². The Kier molecular flexibility index (Phi) is 2.60. The molecule has 0 spiro atoms. The zero-order chi connectivity index (χ0) is 8.27. The van der Waals surface area contributed by atoms with Crippen molar-refractivity contribution >= 4 is 0 Å². The number of alkyl halides is 1. The number of aliphatic hydroxyl groups excluding tert-OH is 1. The third kappa shape index (κ3) is 2.02. The van der Waals surface area contributed by atoms with Gasteiger partial charge in [-0.1, -0.05) is 30.3 Å². The van der Waals surface area contributed by atoms with Crippen molar-refractivity contribution < 1.29 is 9.50 Å². The van der Waals surface area contributed by atoms with Crippen molar-refractivity contribution in [3.63, 3.8) is 0 Å². The number of benzene rings is 1. The Morgan fingerprint density at radius 1 is 1.27 bits per heavy atom. The van der Waals surface area contributed by atoms with Gasteiger partial charge in [0.25, 0.3) is 0 Å². The molecule has 11 heavy (non-hydrogen) atoms. The van der Waals surface area contributed by atoms with Crippen molar-refractivity contribution in [1.82, 2.24) is 0 Å². The average Bonchev–Trinajstić information content (AvgIpc) is 2.05. The van der Waals surface area contributed by atoms with Crippen LogP contribution in [0.1, 0.15) is 18.7 Å². The van der Waals surface area contributed by atoms with Crippen molar-refractivity contribution in [2.75, 3.05) is 0 Å². The number of halogens is 1. The van der Waals surface area contributed by atoms with Crippen LogP contribution in [0.15, 0.2) is 30.3 Å². The summed E-state index contributed by atoms with van der Waals surface area (Å²) in [5.74, 6) is 0. The second-order valence-corrected chi connectivity index (χ2v) is 2.55. The summed E-state index contributed by atoms with van der Waals surface area (Å²) >= 11 is 0. The molecule has 1 aromatic rings. The molecule has 0 saturated heterocycles. The van der Waals surface area contributed by atoms with Gasteiger partial charge in [0.15, 0.2) is 6.17 Å². The van der Waals surface area contributed by atoms with Crippen LogP contribution in [0, 0.1) is 0 Å². The van der Waals surface area contributed by atoms with Crippen LogP contribution in [0.5, 0.6) is 0 Å². The maximum Gasteiger partial charge on any atom is 0.151 e. The maximum atomic E-state index is 13.0. The van der Waals surface area contributed by atoms with E-state index in [1.54, 1.807) is 24.3 Å². The Balaban J connectivity index is 2.77. The van der Waals surface area contributed by atoms with E-state index in [-0.39, 0.29) is 0 Å². The highest BCUT2D eigenvalue weighted by molar-refractivity contribution is 5.18. The van der Waals surface area contributed by atoms with E-state index in [4.69, 9.17) is 5.11 Å². The highest BCUT2D eigenvalue weighted by Gasteiger charge is 2.14. The summed E-state index contributed by atoms with van der Waals surface area (Å²) in [6, 6.07) is 8.65. The fourth-order valence-corrected chi connectivity index (χ4v) is 0.915. The molecule has 1 rings (SSSR count). The lowest BCUT2D eigenvalue weighted by Crippen LogP contribution is -2.09. The van der Waals surface area contributed by atoms with Crippen molar-refractivity contribution in [1.29, 1.82) is 0 Å². The summed E-state index contributed by atoms with van der Waals surface area (Å²) in [4.78, 5) is 0. The molecule has 1 nitrogen and oxygen atoms in total. The minimum atomic E-state index is -1.27. The number of hydrogen-bond acceptors (Lipinski definition) is 1. The fraction of sp³-hybridized carbons (Fsp3) is 0.333. The van der Waals surface area contributed by atoms with Gasteiger partial charge in [-0.3, -0.25) is 0 Å². The van der Waals surface area contributed by atoms with E-state index >= 15 is 0 Å². The van der Waals surface area contributed by atoms with Crippen LogP contribution in [0.25, 0.3) is 0 Å². The predicted octanol–water partition coefficient (Wildman–Crippen LogP) is 2.08. The van der Waals surface area contributed by atoms with Crippen LogP contribution >= 0.6 is 0 Å². The zero-order valence-corrected chi connectivity index (χ0v) is 6.37. The minimum absolute atomic E-state index is 0.530. The van der Waals surface area contributed by atoms with Gasteiger partial charge in [-0.05, 0) is 12.5 Å². The summed E-state index contributed by atoms with van der Waals surface area (Å²) in [5, 5.41) is 8.90. The van der Waals surface area contributed by atoms with E-state index in [9.17, 15) is 4.39 Å². The van der Waals surface area contributed by atoms with Gasteiger partial charge in [0, 0.05) is 0 Å². The Labute approximate surface area is 65.5 Å². The lowest BCUT2D eigenvalue weighted by atomic mass is 10.1. The fourth-order valence-electron chi connectivity index (χ4n) is 0.915. The molecular formula is C9H11FO. The molecular weight excluding hydrogens is 143 g/mol. The molecule has 0 unspecified atom stereocenters. The van der Waals surface area contributed by atoms with E-state index in [1.807, 2.05) is 6.07 Å². The molecule has 0 aliphatic rings. The first-order chi connectivity index (χ1) is 5.22. The van der Waals surface area contributed by atoms with E-state index in [0.717, 1.165) is 0 Å². The topological polar surface area (TPSA) is 20.2 Å². The second kappa shape index (κ2) is 3.49. The summed E-state index contributed by atoms with van der Waals surface area (Å²) in [7, 11) is 0. The molecule has 2 atom stereocenters. The van der Waals surface area contributed by atoms with Crippen LogP contribution in [0.2, 0.25) is 0 Å². The summed E-state index contributed by atoms with van der Waals surface area (Å²) < 4.78 is 13.0. The first-order valence-corrected chi connectivity index (χ1v) is 3.59. The lowest BCUT2D eigenvalue weighted by molar-refractivity contribution is 0.0933.